The summed E-state index contributed by atoms with van der Waals surface area (Å²) in [6.07, 6.45) is 1.32. The Bertz CT molecular complexity index is 1210. The van der Waals surface area contributed by atoms with Gasteiger partial charge >= 0.3 is 6.09 Å². The predicted molar refractivity (Wildman–Crippen MR) is 133 cm³/mol. The molecule has 0 aliphatic carbocycles. The number of carbonyl (C=O) groups excluding carboxylic acids is 1. The Morgan fingerprint density at radius 2 is 1.52 bits per heavy atom. The number of nitrogens with zero attached hydrogens (tertiary/aromatic N) is 2. The van der Waals surface area contributed by atoms with Crippen LogP contribution in [-0.4, -0.2) is 18.1 Å². The first-order valence-electron chi connectivity index (χ1n) is 10.9. The van der Waals surface area contributed by atoms with Gasteiger partial charge in [0.05, 0.1) is 18.4 Å². The van der Waals surface area contributed by atoms with Crippen LogP contribution in [0.4, 0.5) is 16.3 Å². The van der Waals surface area contributed by atoms with Crippen molar-refractivity contribution >= 4 is 17.6 Å². The third-order valence-electron chi connectivity index (χ3n) is 5.48. The maximum Gasteiger partial charge on any atom is 0.416 e. The first kappa shape index (κ1) is 22.1. The largest absolute Gasteiger partial charge is 0.444 e. The quantitative estimate of drug-likeness (QED) is 0.361. The molecule has 4 aromatic rings. The van der Waals surface area contributed by atoms with Crippen LogP contribution >= 0.6 is 0 Å². The minimum absolute atomic E-state index is 0.199. The summed E-state index contributed by atoms with van der Waals surface area (Å²) in [7, 11) is 1.87. The van der Waals surface area contributed by atoms with Crippen LogP contribution < -0.4 is 10.2 Å². The second-order valence-corrected chi connectivity index (χ2v) is 7.76. The SMILES string of the molecule is CNc1cnc(N(Cc2ccccc2)C(=O)OCc2ccccc2)cc1-c1ccccc1C. The van der Waals surface area contributed by atoms with E-state index in [4.69, 9.17) is 4.74 Å². The number of nitrogens with one attached hydrogen (secondary N) is 1. The highest BCUT2D eigenvalue weighted by Crippen LogP contribution is 2.33. The maximum atomic E-state index is 13.2. The molecule has 0 fully saturated rings. The molecule has 0 saturated heterocycles. The van der Waals surface area contributed by atoms with Crippen LogP contribution in [0.3, 0.4) is 0 Å². The summed E-state index contributed by atoms with van der Waals surface area (Å²) < 4.78 is 5.67. The molecule has 1 amide bonds. The van der Waals surface area contributed by atoms with Gasteiger partial charge in [0.2, 0.25) is 0 Å². The Morgan fingerprint density at radius 3 is 2.18 bits per heavy atom. The zero-order chi connectivity index (χ0) is 23.0. The number of aryl methyl sites for hydroxylation is 1. The van der Waals surface area contributed by atoms with Gasteiger partial charge in [0.25, 0.3) is 0 Å². The number of hydrogen-bond donors (Lipinski definition) is 1. The minimum atomic E-state index is -0.442. The van der Waals surface area contributed by atoms with E-state index >= 15 is 0 Å². The van der Waals surface area contributed by atoms with Crippen molar-refractivity contribution < 1.29 is 9.53 Å². The van der Waals surface area contributed by atoms with Crippen LogP contribution in [0.5, 0.6) is 0 Å². The number of rotatable bonds is 7. The Morgan fingerprint density at radius 1 is 0.879 bits per heavy atom. The molecule has 5 heteroatoms. The number of pyridine rings is 1. The molecule has 166 valence electrons. The molecule has 0 unspecified atom stereocenters. The summed E-state index contributed by atoms with van der Waals surface area (Å²) in [5.41, 5.74) is 6.03. The number of hydrogen-bond acceptors (Lipinski definition) is 4. The Labute approximate surface area is 194 Å². The van der Waals surface area contributed by atoms with Gasteiger partial charge in [-0.1, -0.05) is 84.9 Å². The van der Waals surface area contributed by atoms with E-state index in [1.54, 1.807) is 11.1 Å². The molecule has 1 aromatic heterocycles. The first-order valence-corrected chi connectivity index (χ1v) is 10.9. The molecular weight excluding hydrogens is 410 g/mol. The van der Waals surface area contributed by atoms with Crippen molar-refractivity contribution in [2.75, 3.05) is 17.3 Å². The fraction of sp³-hybridized carbons (Fsp3) is 0.143. The van der Waals surface area contributed by atoms with Crippen molar-refractivity contribution in [1.82, 2.24) is 4.98 Å². The number of amides is 1. The van der Waals surface area contributed by atoms with Crippen LogP contribution in [0.25, 0.3) is 11.1 Å². The van der Waals surface area contributed by atoms with Crippen molar-refractivity contribution in [1.29, 1.82) is 0 Å². The zero-order valence-corrected chi connectivity index (χ0v) is 18.9. The van der Waals surface area contributed by atoms with E-state index in [0.717, 1.165) is 33.5 Å². The van der Waals surface area contributed by atoms with Gasteiger partial charge in [-0.3, -0.25) is 4.90 Å². The lowest BCUT2D eigenvalue weighted by Gasteiger charge is -2.23. The number of ether oxygens (including phenoxy) is 1. The van der Waals surface area contributed by atoms with Gasteiger partial charge in [-0.05, 0) is 35.2 Å². The summed E-state index contributed by atoms with van der Waals surface area (Å²) in [5.74, 6) is 0.536. The first-order chi connectivity index (χ1) is 16.2. The number of aromatic nitrogens is 1. The molecule has 0 aliphatic heterocycles. The molecule has 1 N–H and O–H groups in total. The molecule has 1 heterocycles. The second kappa shape index (κ2) is 10.5. The van der Waals surface area contributed by atoms with Gasteiger partial charge in [-0.25, -0.2) is 9.78 Å². The molecule has 0 spiro atoms. The summed E-state index contributed by atoms with van der Waals surface area (Å²) in [6, 6.07) is 29.6. The summed E-state index contributed by atoms with van der Waals surface area (Å²) in [4.78, 5) is 19.4. The molecule has 5 nitrogen and oxygen atoms in total. The summed E-state index contributed by atoms with van der Waals surface area (Å²) in [5, 5.41) is 3.22. The average molecular weight is 438 g/mol. The van der Waals surface area contributed by atoms with Gasteiger partial charge in [-0.2, -0.15) is 0 Å². The second-order valence-electron chi connectivity index (χ2n) is 7.76. The lowest BCUT2D eigenvalue weighted by Crippen LogP contribution is -2.31. The molecule has 0 aliphatic rings. The van der Waals surface area contributed by atoms with Crippen LogP contribution in [0.2, 0.25) is 0 Å². The van der Waals surface area contributed by atoms with Crippen LogP contribution in [0, 0.1) is 6.92 Å². The third kappa shape index (κ3) is 5.39. The summed E-state index contributed by atoms with van der Waals surface area (Å²) in [6.45, 7) is 2.63. The van der Waals surface area contributed by atoms with E-state index in [1.165, 1.54) is 0 Å². The van der Waals surface area contributed by atoms with E-state index in [9.17, 15) is 4.79 Å². The monoisotopic (exact) mass is 437 g/mol. The molecule has 0 saturated carbocycles. The van der Waals surface area contributed by atoms with E-state index in [0.29, 0.717) is 12.4 Å². The maximum absolute atomic E-state index is 13.2. The number of benzene rings is 3. The smallest absolute Gasteiger partial charge is 0.416 e. The van der Waals surface area contributed by atoms with E-state index in [-0.39, 0.29) is 6.61 Å². The lowest BCUT2D eigenvalue weighted by atomic mass is 10.00. The molecular formula is C28H27N3O2. The van der Waals surface area contributed by atoms with Crippen molar-refractivity contribution in [2.24, 2.45) is 0 Å². The molecule has 0 bridgehead atoms. The van der Waals surface area contributed by atoms with Crippen molar-refractivity contribution in [3.8, 4) is 11.1 Å². The van der Waals surface area contributed by atoms with Crippen LogP contribution in [-0.2, 0) is 17.9 Å². The van der Waals surface area contributed by atoms with Crippen molar-refractivity contribution in [3.63, 3.8) is 0 Å². The van der Waals surface area contributed by atoms with E-state index in [2.05, 4.69) is 29.4 Å². The molecule has 0 atom stereocenters. The number of carbonyl (C=O) groups is 1. The van der Waals surface area contributed by atoms with Gasteiger partial charge in [0, 0.05) is 12.6 Å². The normalized spacial score (nSPS) is 10.5. The highest BCUT2D eigenvalue weighted by atomic mass is 16.6. The Balaban J connectivity index is 1.69. The lowest BCUT2D eigenvalue weighted by molar-refractivity contribution is 0.146. The zero-order valence-electron chi connectivity index (χ0n) is 18.9. The molecule has 4 rings (SSSR count). The highest BCUT2D eigenvalue weighted by Gasteiger charge is 2.21. The predicted octanol–water partition coefficient (Wildman–Crippen LogP) is 6.44. The van der Waals surface area contributed by atoms with Gasteiger partial charge in [0.15, 0.2) is 0 Å². The number of anilines is 2. The van der Waals surface area contributed by atoms with Crippen LogP contribution in [0.15, 0.2) is 97.2 Å². The fourth-order valence-electron chi connectivity index (χ4n) is 3.69. The average Bonchev–Trinajstić information content (AvgIpc) is 2.87. The minimum Gasteiger partial charge on any atom is -0.444 e. The molecule has 33 heavy (non-hydrogen) atoms. The van der Waals surface area contributed by atoms with Gasteiger partial charge in [-0.15, -0.1) is 0 Å². The van der Waals surface area contributed by atoms with Crippen molar-refractivity contribution in [2.45, 2.75) is 20.1 Å². The van der Waals surface area contributed by atoms with Crippen molar-refractivity contribution in [3.05, 3.63) is 114 Å². The van der Waals surface area contributed by atoms with Gasteiger partial charge < -0.3 is 10.1 Å². The topological polar surface area (TPSA) is 54.5 Å². The van der Waals surface area contributed by atoms with E-state index in [1.807, 2.05) is 85.9 Å². The van der Waals surface area contributed by atoms with E-state index < -0.39 is 6.09 Å². The highest BCUT2D eigenvalue weighted by molar-refractivity contribution is 5.89. The third-order valence-corrected chi connectivity index (χ3v) is 5.48. The molecule has 3 aromatic carbocycles. The fourth-order valence-corrected chi connectivity index (χ4v) is 3.69. The standard InChI is InChI=1S/C28H27N3O2/c1-21-11-9-10-16-24(21)25-17-27(30-18-26(25)29-2)31(19-22-12-5-3-6-13-22)28(32)33-20-23-14-7-4-8-15-23/h3-18,29H,19-20H2,1-2H3. The van der Waals surface area contributed by atoms with Crippen LogP contribution in [0.1, 0.15) is 16.7 Å². The van der Waals surface area contributed by atoms with Gasteiger partial charge in [0.1, 0.15) is 12.4 Å². The Kier molecular flexibility index (Phi) is 7.00. The molecule has 0 radical (unpaired) electrons. The Hall–Kier alpha value is -4.12. The summed E-state index contributed by atoms with van der Waals surface area (Å²) >= 11 is 0.